The molecule has 37 nitrogen and oxygen atoms in total. The summed E-state index contributed by atoms with van der Waals surface area (Å²) in [5.74, 6) is -0.102. The Bertz CT molecular complexity index is 2690. The van der Waals surface area contributed by atoms with Gasteiger partial charge < -0.3 is 82.3 Å². The molecule has 0 spiro atoms. The third-order valence-electron chi connectivity index (χ3n) is 11.5. The molecular weight excluding hydrogens is 1440 g/mol. The Morgan fingerprint density at radius 2 is 0.953 bits per heavy atom. The minimum atomic E-state index is -4.75. The second kappa shape index (κ2) is 57.1. The van der Waals surface area contributed by atoms with E-state index >= 15 is 0 Å². The van der Waals surface area contributed by atoms with Gasteiger partial charge in [-0.2, -0.15) is 0 Å². The number of fused-ring (bicyclic) bond motifs is 1. The van der Waals surface area contributed by atoms with Crippen LogP contribution >= 0.6 is 7.82 Å². The number of carboxylic acids is 1. The highest BCUT2D eigenvalue weighted by atomic mass is 31.2. The number of phosphoric acid groups is 1. The van der Waals surface area contributed by atoms with Gasteiger partial charge in [-0.25, -0.2) is 9.36 Å². The summed E-state index contributed by atoms with van der Waals surface area (Å²) in [5, 5.41) is 59.1. The molecule has 2 aliphatic heterocycles. The van der Waals surface area contributed by atoms with Crippen molar-refractivity contribution in [3.05, 3.63) is 117 Å². The molecule has 2 fully saturated rings. The number of nitrogens with one attached hydrogen (secondary N) is 2. The minimum absolute atomic E-state index is 0.0959. The minimum Gasteiger partial charge on any atom is -0.488 e. The number of aliphatic carboxylic acids is 1. The molecule has 38 heteroatoms. The van der Waals surface area contributed by atoms with Crippen molar-refractivity contribution < 1.29 is 121 Å². The van der Waals surface area contributed by atoms with Gasteiger partial charge in [0.25, 0.3) is 25.4 Å². The maximum atomic E-state index is 11.6. The number of para-hydroxylation sites is 1. The number of carbonyl (C=O) groups is 2. The van der Waals surface area contributed by atoms with Crippen LogP contribution in [0.1, 0.15) is 222 Å². The van der Waals surface area contributed by atoms with Crippen molar-refractivity contribution in [3.8, 4) is 5.75 Å². The van der Waals surface area contributed by atoms with Crippen LogP contribution in [-0.2, 0) is 71.2 Å². The van der Waals surface area contributed by atoms with Crippen molar-refractivity contribution in [2.45, 2.75) is 287 Å². The van der Waals surface area contributed by atoms with E-state index in [4.69, 9.17) is 52.8 Å². The van der Waals surface area contributed by atoms with Crippen LogP contribution < -0.4 is 15.4 Å². The molecular formula is C69H130N7O30P. The Labute approximate surface area is 631 Å². The number of carbonyl (C=O) groups excluding carboxylic acids is 1. The van der Waals surface area contributed by atoms with Gasteiger partial charge in [0.05, 0.1) is 74.2 Å². The normalized spacial score (nSPS) is 15.8. The van der Waals surface area contributed by atoms with E-state index in [0.717, 1.165) is 31.6 Å². The third kappa shape index (κ3) is 81.3. The zero-order valence-electron chi connectivity index (χ0n) is 67.8. The molecule has 0 saturated carbocycles. The van der Waals surface area contributed by atoms with Crippen molar-refractivity contribution in [2.24, 2.45) is 0 Å². The number of phosphoric ester groups is 1. The quantitative estimate of drug-likeness (QED) is 0.0149. The van der Waals surface area contributed by atoms with Gasteiger partial charge in [0.1, 0.15) is 48.4 Å². The molecule has 2 saturated heterocycles. The molecule has 2 aromatic rings. The summed E-state index contributed by atoms with van der Waals surface area (Å²) in [5.41, 5.74) is -0.413. The topological polar surface area (TPSA) is 481 Å². The first-order valence-corrected chi connectivity index (χ1v) is 36.5. The summed E-state index contributed by atoms with van der Waals surface area (Å²) in [4.78, 5) is 108. The number of benzene rings is 2. The van der Waals surface area contributed by atoms with Crippen LogP contribution in [0.25, 0.3) is 0 Å². The van der Waals surface area contributed by atoms with E-state index in [1.165, 1.54) is 6.42 Å². The predicted octanol–water partition coefficient (Wildman–Crippen LogP) is 12.6. The highest BCUT2D eigenvalue weighted by Gasteiger charge is 2.51. The second-order valence-corrected chi connectivity index (χ2v) is 31.2. The Hall–Kier alpha value is -7.03. The number of hydrogen-bond donors (Lipinski definition) is 5. The fourth-order valence-electron chi connectivity index (χ4n) is 7.52. The smallest absolute Gasteiger partial charge is 0.469 e. The molecule has 0 aromatic heterocycles. The largest absolute Gasteiger partial charge is 0.488 e. The van der Waals surface area contributed by atoms with Gasteiger partial charge in [-0.15, -0.1) is 50.6 Å². The molecule has 0 bridgehead atoms. The molecule has 6 atom stereocenters. The van der Waals surface area contributed by atoms with Crippen molar-refractivity contribution in [2.75, 3.05) is 72.6 Å². The lowest BCUT2D eigenvalue weighted by Gasteiger charge is -2.26. The fraction of sp³-hybridized carbons (Fsp3) is 0.797. The molecule has 2 aromatic carbocycles. The van der Waals surface area contributed by atoms with Crippen molar-refractivity contribution in [1.29, 1.82) is 0 Å². The van der Waals surface area contributed by atoms with Crippen LogP contribution in [0.3, 0.4) is 0 Å². The zero-order valence-corrected chi connectivity index (χ0v) is 68.7. The highest BCUT2D eigenvalue weighted by molar-refractivity contribution is 7.46. The van der Waals surface area contributed by atoms with Gasteiger partial charge in [-0.05, 0) is 229 Å². The first kappa shape index (κ1) is 109. The molecule has 6 unspecified atom stereocenters. The molecule has 4 rings (SSSR count). The summed E-state index contributed by atoms with van der Waals surface area (Å²) < 4.78 is 58.6. The molecule has 107 heavy (non-hydrogen) atoms. The average Bonchev–Trinajstić information content (AvgIpc) is 1.64. The lowest BCUT2D eigenvalue weighted by molar-refractivity contribution is -0.769. The van der Waals surface area contributed by atoms with Gasteiger partial charge in [-0.1, -0.05) is 50.2 Å². The molecule has 0 radical (unpaired) electrons. The SMILES string of the molecule is CC(C)(C)OC1COC2C(O[N+](=O)[O-])COC12.CC(C)(C)OCC(CO[N+](=O)[O-])OP(=O)(O)O.CC(C)(C)OCCCCOC(=O)c1ccccc1.CC(C)(C)OCCCCO[N+](=O)[O-].CC(C)(C)Oc1ccccc1.CCC(NC(C)(C)C)C(=O)O.CCCNC(C)(C)C.CCO[N+](=O)[O-].CCO[N+](=O)[O-]. The molecule has 5 N–H and O–H groups in total. The van der Waals surface area contributed by atoms with Crippen LogP contribution in [0.5, 0.6) is 5.75 Å². The van der Waals surface area contributed by atoms with Gasteiger partial charge in [0, 0.05) is 24.3 Å². The van der Waals surface area contributed by atoms with Crippen LogP contribution in [0.15, 0.2) is 60.7 Å². The van der Waals surface area contributed by atoms with E-state index in [1.54, 1.807) is 46.8 Å². The van der Waals surface area contributed by atoms with Crippen molar-refractivity contribution in [3.63, 3.8) is 0 Å². The number of carboxylic acid groups (broad SMARTS) is 1. The number of rotatable bonds is 32. The van der Waals surface area contributed by atoms with Crippen molar-refractivity contribution in [1.82, 2.24) is 10.6 Å². The van der Waals surface area contributed by atoms with E-state index in [1.807, 2.05) is 159 Å². The van der Waals surface area contributed by atoms with E-state index < -0.39 is 75.8 Å². The molecule has 626 valence electrons. The molecule has 2 heterocycles. The number of esters is 1. The van der Waals surface area contributed by atoms with Gasteiger partial charge in [0.2, 0.25) is 0 Å². The van der Waals surface area contributed by atoms with Gasteiger partial charge in [-0.3, -0.25) is 14.6 Å². The second-order valence-electron chi connectivity index (χ2n) is 30.0. The first-order valence-electron chi connectivity index (χ1n) is 35.0. The van der Waals surface area contributed by atoms with E-state index in [2.05, 4.69) is 67.0 Å². The predicted molar refractivity (Wildman–Crippen MR) is 398 cm³/mol. The summed E-state index contributed by atoms with van der Waals surface area (Å²) >= 11 is 0. The molecule has 2 aliphatic rings. The van der Waals surface area contributed by atoms with Crippen LogP contribution in [0, 0.1) is 50.6 Å². The van der Waals surface area contributed by atoms with E-state index in [0.29, 0.717) is 50.4 Å². The zero-order chi connectivity index (χ0) is 84.1. The molecule has 0 aliphatic carbocycles. The summed E-state index contributed by atoms with van der Waals surface area (Å²) in [6.45, 7) is 51.7. The van der Waals surface area contributed by atoms with Crippen LogP contribution in [0.4, 0.5) is 0 Å². The summed E-state index contributed by atoms with van der Waals surface area (Å²) in [6, 6.07) is 18.5. The molecule has 0 amide bonds. The Morgan fingerprint density at radius 1 is 0.533 bits per heavy atom. The number of unbranched alkanes of at least 4 members (excludes halogenated alkanes) is 2. The first-order chi connectivity index (χ1) is 48.8. The number of nitrogens with zero attached hydrogens (tertiary/aromatic N) is 5. The van der Waals surface area contributed by atoms with Crippen LogP contribution in [-0.4, -0.2) is 201 Å². The van der Waals surface area contributed by atoms with Crippen molar-refractivity contribution >= 4 is 19.8 Å². The number of hydrogen-bond acceptors (Lipinski definition) is 29. The van der Waals surface area contributed by atoms with E-state index in [-0.39, 0.29) is 79.2 Å². The Kier molecular flexibility index (Phi) is 57.9. The summed E-state index contributed by atoms with van der Waals surface area (Å²) in [6.07, 6.45) is 2.25. The lowest BCUT2D eigenvalue weighted by atomic mass is 10.1. The Balaban J connectivity index is -0.000000373. The number of ether oxygens (including phenoxy) is 8. The van der Waals surface area contributed by atoms with Gasteiger partial charge >= 0.3 is 19.8 Å². The Morgan fingerprint density at radius 3 is 1.28 bits per heavy atom. The third-order valence-corrected chi connectivity index (χ3v) is 12.1. The average molecular weight is 1570 g/mol. The lowest BCUT2D eigenvalue weighted by Crippen LogP contribution is -2.47. The van der Waals surface area contributed by atoms with E-state index in [9.17, 15) is 64.7 Å². The van der Waals surface area contributed by atoms with Gasteiger partial charge in [0.15, 0.2) is 6.10 Å². The van der Waals surface area contributed by atoms with Crippen LogP contribution in [0.2, 0.25) is 0 Å². The summed E-state index contributed by atoms with van der Waals surface area (Å²) in [7, 11) is -4.75. The maximum absolute atomic E-state index is 11.6. The maximum Gasteiger partial charge on any atom is 0.469 e. The highest BCUT2D eigenvalue weighted by Crippen LogP contribution is 2.38. The monoisotopic (exact) mass is 1570 g/mol. The standard InChI is InChI=1S/C15H22O3.C10H17NO6.C10H14O.C8H17NO4.C8H17NO2.C7H16NO8P.C7H17N.2C2H5NO3/c1-15(2,3)18-12-8-7-11-17-14(16)13-9-5-4-6-10-13;1-10(2,3)16-6-4-14-9-7(17-11(12)13)5-15-8(6)9;1-10(2,3)11-9-7-5-4-6-8-9;1-8(2,3)12-6-4-5-7-13-9(10)11;1-5-6(7(10)11)9-8(2,3)4;1-7(2,3)14-4-6(5-15-8(9)10)16-17(11,12)13;1-5-6-8-7(2,3)4;2*1-2-6-3(4)5/h4-6,9-10H,7-8,11-12H2,1-3H3;6-9H,4-5H2,1-3H3;4-8H,1-3H3;4-7H2,1-3H3;6,9H,5H2,1-4H3,(H,10,11);6H,4-5H2,1-3H3,(H2,11,12,13);8H,5-6H2,1-4H3;2*2H2,1H3. The fourth-order valence-corrected chi connectivity index (χ4v) is 8.03.